The lowest BCUT2D eigenvalue weighted by atomic mass is 10.2. The first-order valence-electron chi connectivity index (χ1n) is 5.64. The summed E-state index contributed by atoms with van der Waals surface area (Å²) in [5, 5.41) is 8.72. The molecule has 1 aromatic heterocycles. The van der Waals surface area contributed by atoms with Crippen molar-refractivity contribution >= 4 is 33.0 Å². The molecule has 0 radical (unpaired) electrons. The smallest absolute Gasteiger partial charge is 0.207 e. The maximum atomic E-state index is 12.4. The topological polar surface area (TPSA) is 61.2 Å². The van der Waals surface area contributed by atoms with Gasteiger partial charge < -0.3 is 0 Å². The van der Waals surface area contributed by atoms with Crippen molar-refractivity contribution in [3.8, 4) is 6.07 Å². The molecule has 7 heteroatoms. The van der Waals surface area contributed by atoms with Crippen molar-refractivity contribution in [2.45, 2.75) is 11.4 Å². The van der Waals surface area contributed by atoms with E-state index in [1.807, 2.05) is 6.07 Å². The molecule has 0 spiro atoms. The van der Waals surface area contributed by atoms with Crippen LogP contribution in [0, 0.1) is 11.3 Å². The quantitative estimate of drug-likeness (QED) is 0.867. The van der Waals surface area contributed by atoms with Crippen molar-refractivity contribution in [2.24, 2.45) is 0 Å². The first-order valence-corrected chi connectivity index (χ1v) is 8.27. The van der Waals surface area contributed by atoms with E-state index in [-0.39, 0.29) is 11.4 Å². The molecule has 0 aliphatic rings. The van der Waals surface area contributed by atoms with Gasteiger partial charge in [-0.2, -0.15) is 9.57 Å². The minimum Gasteiger partial charge on any atom is -0.207 e. The summed E-state index contributed by atoms with van der Waals surface area (Å²) in [5.74, 6) is 0. The van der Waals surface area contributed by atoms with Gasteiger partial charge in [-0.3, -0.25) is 0 Å². The minimum atomic E-state index is -3.57. The zero-order valence-electron chi connectivity index (χ0n) is 10.6. The van der Waals surface area contributed by atoms with E-state index in [4.69, 9.17) is 16.9 Å². The van der Waals surface area contributed by atoms with Gasteiger partial charge in [-0.25, -0.2) is 8.42 Å². The first kappa shape index (κ1) is 15.0. The van der Waals surface area contributed by atoms with E-state index in [1.54, 1.807) is 12.1 Å². The predicted octanol–water partition coefficient (Wildman–Crippen LogP) is 3.09. The molecule has 0 aliphatic heterocycles. The summed E-state index contributed by atoms with van der Waals surface area (Å²) in [6, 6.07) is 11.3. The Kier molecular flexibility index (Phi) is 4.45. The van der Waals surface area contributed by atoms with Crippen molar-refractivity contribution in [3.63, 3.8) is 0 Å². The van der Waals surface area contributed by atoms with Crippen LogP contribution in [0.25, 0.3) is 0 Å². The van der Waals surface area contributed by atoms with Crippen molar-refractivity contribution in [1.29, 1.82) is 5.26 Å². The first-order chi connectivity index (χ1) is 9.43. The molecule has 2 rings (SSSR count). The molecule has 0 unspecified atom stereocenters. The van der Waals surface area contributed by atoms with Gasteiger partial charge in [-0.15, -0.1) is 11.3 Å². The maximum absolute atomic E-state index is 12.4. The second-order valence-corrected chi connectivity index (χ2v) is 7.95. The Morgan fingerprint density at radius 3 is 2.40 bits per heavy atom. The van der Waals surface area contributed by atoms with Gasteiger partial charge in [0.2, 0.25) is 10.0 Å². The van der Waals surface area contributed by atoms with E-state index in [0.29, 0.717) is 9.90 Å². The highest BCUT2D eigenvalue weighted by Gasteiger charge is 2.21. The van der Waals surface area contributed by atoms with Crippen LogP contribution in [0.1, 0.15) is 10.4 Å². The molecule has 1 heterocycles. The Hall–Kier alpha value is -1.39. The van der Waals surface area contributed by atoms with E-state index in [1.165, 1.54) is 47.0 Å². The van der Waals surface area contributed by atoms with E-state index < -0.39 is 10.0 Å². The molecule has 2 aromatic rings. The lowest BCUT2D eigenvalue weighted by molar-refractivity contribution is 0.469. The molecule has 104 valence electrons. The Bertz CT molecular complexity index is 745. The molecule has 0 amide bonds. The molecule has 0 bridgehead atoms. The number of halogens is 1. The van der Waals surface area contributed by atoms with E-state index in [0.717, 1.165) is 4.88 Å². The second kappa shape index (κ2) is 5.94. The molecule has 0 fully saturated rings. The van der Waals surface area contributed by atoms with Crippen molar-refractivity contribution in [2.75, 3.05) is 7.05 Å². The van der Waals surface area contributed by atoms with Crippen LogP contribution >= 0.6 is 22.9 Å². The number of hydrogen-bond donors (Lipinski definition) is 0. The average molecular weight is 327 g/mol. The van der Waals surface area contributed by atoms with Crippen molar-refractivity contribution in [3.05, 3.63) is 51.2 Å². The maximum Gasteiger partial charge on any atom is 0.243 e. The monoisotopic (exact) mass is 326 g/mol. The molecule has 20 heavy (non-hydrogen) atoms. The van der Waals surface area contributed by atoms with Crippen molar-refractivity contribution < 1.29 is 8.42 Å². The molecule has 0 N–H and O–H groups in total. The summed E-state index contributed by atoms with van der Waals surface area (Å²) in [6.45, 7) is 0.264. The number of thiophene rings is 1. The van der Waals surface area contributed by atoms with Gasteiger partial charge in [0.15, 0.2) is 0 Å². The Labute approximate surface area is 126 Å². The highest BCUT2D eigenvalue weighted by atomic mass is 35.5. The van der Waals surface area contributed by atoms with Crippen LogP contribution in [0.3, 0.4) is 0 Å². The lowest BCUT2D eigenvalue weighted by Gasteiger charge is -2.16. The molecule has 0 aliphatic carbocycles. The second-order valence-electron chi connectivity index (χ2n) is 4.10. The van der Waals surface area contributed by atoms with Crippen LogP contribution in [0.4, 0.5) is 0 Å². The third-order valence-electron chi connectivity index (χ3n) is 2.70. The Morgan fingerprint density at radius 2 is 1.90 bits per heavy atom. The zero-order valence-corrected chi connectivity index (χ0v) is 13.0. The summed E-state index contributed by atoms with van der Waals surface area (Å²) >= 11 is 7.18. The zero-order chi connectivity index (χ0) is 14.8. The third-order valence-corrected chi connectivity index (χ3v) is 5.73. The van der Waals surface area contributed by atoms with E-state index in [9.17, 15) is 8.42 Å². The molecular weight excluding hydrogens is 316 g/mol. The Balaban J connectivity index is 2.22. The number of benzene rings is 1. The number of hydrogen-bond acceptors (Lipinski definition) is 4. The predicted molar refractivity (Wildman–Crippen MR) is 79.1 cm³/mol. The highest BCUT2D eigenvalue weighted by Crippen LogP contribution is 2.24. The lowest BCUT2D eigenvalue weighted by Crippen LogP contribution is -2.26. The molecule has 4 nitrogen and oxygen atoms in total. The van der Waals surface area contributed by atoms with Gasteiger partial charge in [0.1, 0.15) is 0 Å². The van der Waals surface area contributed by atoms with Gasteiger partial charge in [-0.1, -0.05) is 11.6 Å². The fourth-order valence-corrected chi connectivity index (χ4v) is 3.99. The molecule has 1 aromatic carbocycles. The van der Waals surface area contributed by atoms with Crippen LogP contribution in [0.2, 0.25) is 4.34 Å². The number of nitriles is 1. The van der Waals surface area contributed by atoms with Crippen LogP contribution in [0.5, 0.6) is 0 Å². The SMILES string of the molecule is CN(Cc1ccc(Cl)s1)S(=O)(=O)c1ccc(C#N)cc1. The normalized spacial score (nSPS) is 11.5. The van der Waals surface area contributed by atoms with Crippen molar-refractivity contribution in [1.82, 2.24) is 4.31 Å². The summed E-state index contributed by atoms with van der Waals surface area (Å²) < 4.78 is 26.6. The number of sulfonamides is 1. The third kappa shape index (κ3) is 3.19. The van der Waals surface area contributed by atoms with Crippen LogP contribution < -0.4 is 0 Å². The fourth-order valence-electron chi connectivity index (χ4n) is 1.62. The Morgan fingerprint density at radius 1 is 1.25 bits per heavy atom. The minimum absolute atomic E-state index is 0.168. The van der Waals surface area contributed by atoms with Gasteiger partial charge in [0, 0.05) is 18.5 Å². The number of rotatable bonds is 4. The standard InChI is InChI=1S/C13H11ClN2O2S2/c1-16(9-11-4-7-13(14)19-11)20(17,18)12-5-2-10(8-15)3-6-12/h2-7H,9H2,1H3. The molecular formula is C13H11ClN2O2S2. The highest BCUT2D eigenvalue weighted by molar-refractivity contribution is 7.89. The van der Waals surface area contributed by atoms with E-state index >= 15 is 0 Å². The summed E-state index contributed by atoms with van der Waals surface area (Å²) in [4.78, 5) is 1.04. The van der Waals surface area contributed by atoms with Gasteiger partial charge in [-0.05, 0) is 36.4 Å². The largest absolute Gasteiger partial charge is 0.243 e. The van der Waals surface area contributed by atoms with Crippen LogP contribution in [-0.2, 0) is 16.6 Å². The number of nitrogens with zero attached hydrogens (tertiary/aromatic N) is 2. The van der Waals surface area contributed by atoms with Gasteiger partial charge >= 0.3 is 0 Å². The van der Waals surface area contributed by atoms with Crippen LogP contribution in [-0.4, -0.2) is 19.8 Å². The molecule has 0 saturated heterocycles. The van der Waals surface area contributed by atoms with E-state index in [2.05, 4.69) is 0 Å². The fraction of sp³-hybridized carbons (Fsp3) is 0.154. The molecule has 0 saturated carbocycles. The summed E-state index contributed by atoms with van der Waals surface area (Å²) in [5.41, 5.74) is 0.427. The summed E-state index contributed by atoms with van der Waals surface area (Å²) in [7, 11) is -2.05. The van der Waals surface area contributed by atoms with Crippen LogP contribution in [0.15, 0.2) is 41.3 Å². The molecule has 0 atom stereocenters. The van der Waals surface area contributed by atoms with Gasteiger partial charge in [0.05, 0.1) is 20.9 Å². The average Bonchev–Trinajstić information content (AvgIpc) is 2.84. The van der Waals surface area contributed by atoms with Gasteiger partial charge in [0.25, 0.3) is 0 Å². The summed E-state index contributed by atoms with van der Waals surface area (Å²) in [6.07, 6.45) is 0.